The zero-order valence-corrected chi connectivity index (χ0v) is 12.9. The fourth-order valence-corrected chi connectivity index (χ4v) is 3.45. The first-order valence-corrected chi connectivity index (χ1v) is 7.69. The Bertz CT molecular complexity index is 510. The van der Waals surface area contributed by atoms with Crippen molar-refractivity contribution in [1.29, 1.82) is 5.26 Å². The molecule has 1 aliphatic carbocycles. The third-order valence-corrected chi connectivity index (χ3v) is 5.06. The molecule has 0 atom stereocenters. The summed E-state index contributed by atoms with van der Waals surface area (Å²) in [6, 6.07) is 6.99. The van der Waals surface area contributed by atoms with Gasteiger partial charge in [0.1, 0.15) is 5.82 Å². The fourth-order valence-electron chi connectivity index (χ4n) is 3.22. The summed E-state index contributed by atoms with van der Waals surface area (Å²) in [5.41, 5.74) is 0.560. The van der Waals surface area contributed by atoms with Gasteiger partial charge in [-0.2, -0.15) is 5.26 Å². The molecule has 0 radical (unpaired) electrons. The van der Waals surface area contributed by atoms with Crippen LogP contribution in [0.1, 0.15) is 45.1 Å². The lowest BCUT2D eigenvalue weighted by Crippen LogP contribution is -2.30. The van der Waals surface area contributed by atoms with Crippen LogP contribution >= 0.6 is 11.6 Å². The van der Waals surface area contributed by atoms with Crippen molar-refractivity contribution in [3.8, 4) is 6.07 Å². The smallest absolute Gasteiger partial charge is 0.124 e. The van der Waals surface area contributed by atoms with Gasteiger partial charge in [-0.05, 0) is 61.6 Å². The van der Waals surface area contributed by atoms with E-state index in [1.54, 1.807) is 6.07 Å². The Morgan fingerprint density at radius 1 is 1.40 bits per heavy atom. The molecule has 1 aliphatic rings. The zero-order chi connectivity index (χ0) is 14.8. The molecule has 1 aromatic rings. The van der Waals surface area contributed by atoms with Crippen LogP contribution in [0.25, 0.3) is 0 Å². The minimum atomic E-state index is -0.327. The molecule has 3 heteroatoms. The van der Waals surface area contributed by atoms with Gasteiger partial charge in [-0.25, -0.2) is 4.39 Å². The first kappa shape index (κ1) is 15.3. The molecule has 1 nitrogen and oxygen atoms in total. The van der Waals surface area contributed by atoms with E-state index in [1.807, 2.05) is 0 Å². The molecule has 2 rings (SSSR count). The Morgan fingerprint density at radius 2 is 2.05 bits per heavy atom. The number of hydrogen-bond acceptors (Lipinski definition) is 1. The van der Waals surface area contributed by atoms with Gasteiger partial charge in [-0.3, -0.25) is 0 Å². The number of nitriles is 1. The van der Waals surface area contributed by atoms with E-state index in [9.17, 15) is 9.65 Å². The third-order valence-electron chi connectivity index (χ3n) is 4.71. The Kier molecular flexibility index (Phi) is 4.70. The van der Waals surface area contributed by atoms with E-state index in [0.717, 1.165) is 37.2 Å². The minimum absolute atomic E-state index is 0.326. The van der Waals surface area contributed by atoms with Crippen molar-refractivity contribution in [2.24, 2.45) is 17.3 Å². The predicted octanol–water partition coefficient (Wildman–Crippen LogP) is 5.38. The Labute approximate surface area is 125 Å². The van der Waals surface area contributed by atoms with Crippen molar-refractivity contribution in [2.75, 3.05) is 0 Å². The van der Waals surface area contributed by atoms with Crippen LogP contribution < -0.4 is 0 Å². The van der Waals surface area contributed by atoms with E-state index in [4.69, 9.17) is 11.6 Å². The number of benzene rings is 1. The standard InChI is InChI=1S/C17H21ClFN/c1-12(2)13-5-7-17(11-20,8-6-13)10-14-3-4-15(19)9-16(14)18/h3-4,9,12-13H,5-8,10H2,1-2H3. The number of rotatable bonds is 3. The van der Waals surface area contributed by atoms with Crippen LogP contribution in [0.3, 0.4) is 0 Å². The molecule has 0 aromatic heterocycles. The average Bonchev–Trinajstić information content (AvgIpc) is 2.42. The topological polar surface area (TPSA) is 23.8 Å². The van der Waals surface area contributed by atoms with Crippen molar-refractivity contribution >= 4 is 11.6 Å². The highest BCUT2D eigenvalue weighted by atomic mass is 35.5. The van der Waals surface area contributed by atoms with Crippen LogP contribution in [0, 0.1) is 34.4 Å². The highest BCUT2D eigenvalue weighted by molar-refractivity contribution is 6.31. The second-order valence-electron chi connectivity index (χ2n) is 6.39. The normalized spacial score (nSPS) is 26.5. The van der Waals surface area contributed by atoms with Crippen molar-refractivity contribution < 1.29 is 4.39 Å². The van der Waals surface area contributed by atoms with Gasteiger partial charge in [0, 0.05) is 5.02 Å². The quantitative estimate of drug-likeness (QED) is 0.734. The van der Waals surface area contributed by atoms with E-state index in [2.05, 4.69) is 19.9 Å². The molecular weight excluding hydrogens is 273 g/mol. The molecular formula is C17H21ClFN. The molecule has 1 saturated carbocycles. The predicted molar refractivity (Wildman–Crippen MR) is 80.0 cm³/mol. The van der Waals surface area contributed by atoms with Gasteiger partial charge in [0.25, 0.3) is 0 Å². The summed E-state index contributed by atoms with van der Waals surface area (Å²) in [4.78, 5) is 0. The van der Waals surface area contributed by atoms with E-state index >= 15 is 0 Å². The summed E-state index contributed by atoms with van der Waals surface area (Å²) in [5, 5.41) is 10.0. The zero-order valence-electron chi connectivity index (χ0n) is 12.1. The van der Waals surface area contributed by atoms with Gasteiger partial charge < -0.3 is 0 Å². The van der Waals surface area contributed by atoms with Crippen LogP contribution in [-0.4, -0.2) is 0 Å². The lowest BCUT2D eigenvalue weighted by Gasteiger charge is -2.36. The molecule has 0 saturated heterocycles. The summed E-state index contributed by atoms with van der Waals surface area (Å²) in [6.45, 7) is 4.50. The van der Waals surface area contributed by atoms with Crippen LogP contribution in [0.15, 0.2) is 18.2 Å². The van der Waals surface area contributed by atoms with E-state index in [1.165, 1.54) is 12.1 Å². The maximum Gasteiger partial charge on any atom is 0.124 e. The summed E-state index contributed by atoms with van der Waals surface area (Å²) in [6.07, 6.45) is 4.67. The summed E-state index contributed by atoms with van der Waals surface area (Å²) < 4.78 is 13.1. The highest BCUT2D eigenvalue weighted by Gasteiger charge is 2.36. The minimum Gasteiger partial charge on any atom is -0.207 e. The Morgan fingerprint density at radius 3 is 2.55 bits per heavy atom. The Hall–Kier alpha value is -1.07. The Balaban J connectivity index is 2.12. The van der Waals surface area contributed by atoms with Crippen LogP contribution in [-0.2, 0) is 6.42 Å². The monoisotopic (exact) mass is 293 g/mol. The molecule has 1 fully saturated rings. The molecule has 0 amide bonds. The van der Waals surface area contributed by atoms with Gasteiger partial charge in [-0.1, -0.05) is 31.5 Å². The third kappa shape index (κ3) is 3.33. The maximum absolute atomic E-state index is 13.1. The van der Waals surface area contributed by atoms with Gasteiger partial charge in [0.15, 0.2) is 0 Å². The van der Waals surface area contributed by atoms with Crippen LogP contribution in [0.5, 0.6) is 0 Å². The molecule has 0 spiro atoms. The van der Waals surface area contributed by atoms with E-state index in [0.29, 0.717) is 17.4 Å². The lowest BCUT2D eigenvalue weighted by molar-refractivity contribution is 0.175. The summed E-state index contributed by atoms with van der Waals surface area (Å²) in [5.74, 6) is 1.08. The summed E-state index contributed by atoms with van der Waals surface area (Å²) in [7, 11) is 0. The number of nitrogens with zero attached hydrogens (tertiary/aromatic N) is 1. The van der Waals surface area contributed by atoms with Gasteiger partial charge in [-0.15, -0.1) is 0 Å². The van der Waals surface area contributed by atoms with Crippen molar-refractivity contribution in [3.63, 3.8) is 0 Å². The maximum atomic E-state index is 13.1. The van der Waals surface area contributed by atoms with Crippen molar-refractivity contribution in [1.82, 2.24) is 0 Å². The second-order valence-corrected chi connectivity index (χ2v) is 6.79. The van der Waals surface area contributed by atoms with E-state index < -0.39 is 0 Å². The highest BCUT2D eigenvalue weighted by Crippen LogP contribution is 2.43. The largest absolute Gasteiger partial charge is 0.207 e. The molecule has 20 heavy (non-hydrogen) atoms. The molecule has 0 bridgehead atoms. The molecule has 0 unspecified atom stereocenters. The van der Waals surface area contributed by atoms with Crippen LogP contribution in [0.4, 0.5) is 4.39 Å². The van der Waals surface area contributed by atoms with E-state index in [-0.39, 0.29) is 11.2 Å². The van der Waals surface area contributed by atoms with Crippen molar-refractivity contribution in [3.05, 3.63) is 34.6 Å². The van der Waals surface area contributed by atoms with Gasteiger partial charge in [0.2, 0.25) is 0 Å². The van der Waals surface area contributed by atoms with Crippen LogP contribution in [0.2, 0.25) is 5.02 Å². The molecule has 0 heterocycles. The van der Waals surface area contributed by atoms with Gasteiger partial charge >= 0.3 is 0 Å². The number of hydrogen-bond donors (Lipinski definition) is 0. The first-order chi connectivity index (χ1) is 9.46. The van der Waals surface area contributed by atoms with Crippen molar-refractivity contribution in [2.45, 2.75) is 46.0 Å². The molecule has 1 aromatic carbocycles. The lowest BCUT2D eigenvalue weighted by atomic mass is 9.66. The number of halogens is 2. The summed E-state index contributed by atoms with van der Waals surface area (Å²) >= 11 is 6.10. The molecule has 0 aliphatic heterocycles. The average molecular weight is 294 g/mol. The molecule has 108 valence electrons. The second kappa shape index (κ2) is 6.14. The van der Waals surface area contributed by atoms with Gasteiger partial charge in [0.05, 0.1) is 11.5 Å². The SMILES string of the molecule is CC(C)C1CCC(C#N)(Cc2ccc(F)cc2Cl)CC1. The first-order valence-electron chi connectivity index (χ1n) is 7.31. The fraction of sp³-hybridized carbons (Fsp3) is 0.588. The molecule has 0 N–H and O–H groups in total.